The number of allylic oxidation sites excluding steroid dienone is 1. The average Bonchev–Trinajstić information content (AvgIpc) is 2.85. The zero-order chi connectivity index (χ0) is 20.5. The van der Waals surface area contributed by atoms with E-state index >= 15 is 0 Å². The number of fused-ring (bicyclic) bond motifs is 4. The summed E-state index contributed by atoms with van der Waals surface area (Å²) in [4.78, 5) is 0. The maximum atomic E-state index is 12.1. The summed E-state index contributed by atoms with van der Waals surface area (Å²) in [6.45, 7) is 18.6. The Morgan fingerprint density at radius 1 is 1.07 bits per heavy atom. The van der Waals surface area contributed by atoms with Gasteiger partial charge in [-0.05, 0) is 52.1 Å². The number of hydrogen-bond donors (Lipinski definition) is 0. The molecule has 2 aromatic rings. The summed E-state index contributed by atoms with van der Waals surface area (Å²) in [5.74, 6) is 0. The number of nitrogens with zero attached hydrogens (tertiary/aromatic N) is 1. The van der Waals surface area contributed by atoms with Crippen LogP contribution in [0.3, 0.4) is 0 Å². The smallest absolute Gasteiger partial charge is 0.143 e. The fraction of sp³-hybridized carbons (Fsp3) is 0.480. The van der Waals surface area contributed by atoms with E-state index in [1.165, 1.54) is 33.5 Å². The molecule has 1 aliphatic carbocycles. The lowest BCUT2D eigenvalue weighted by atomic mass is 9.68. The SMILES string of the molecule is C=C1c2cc3c(cc2-c2cccc([PH+]=O)[n+]2C1(CC)CC)CC(C)(C)C3(C)C. The number of hydrogen-bond acceptors (Lipinski definition) is 1. The lowest BCUT2D eigenvalue weighted by molar-refractivity contribution is -0.725. The van der Waals surface area contributed by atoms with E-state index in [0.717, 1.165) is 24.7 Å². The van der Waals surface area contributed by atoms with E-state index in [4.69, 9.17) is 0 Å². The Hall–Kier alpha value is -1.79. The van der Waals surface area contributed by atoms with E-state index in [0.29, 0.717) is 0 Å². The molecule has 2 aliphatic rings. The quantitative estimate of drug-likeness (QED) is 0.485. The molecule has 0 spiro atoms. The van der Waals surface area contributed by atoms with Gasteiger partial charge in [0.2, 0.25) is 5.69 Å². The lowest BCUT2D eigenvalue weighted by Crippen LogP contribution is -2.66. The highest BCUT2D eigenvalue weighted by molar-refractivity contribution is 7.33. The molecule has 1 atom stereocenters. The molecule has 0 amide bonds. The molecule has 4 rings (SSSR count). The Morgan fingerprint density at radius 3 is 2.36 bits per heavy atom. The Kier molecular flexibility index (Phi) is 4.25. The van der Waals surface area contributed by atoms with Crippen LogP contribution in [0.25, 0.3) is 16.8 Å². The van der Waals surface area contributed by atoms with Crippen LogP contribution in [0.2, 0.25) is 0 Å². The molecule has 0 fully saturated rings. The molecule has 1 aliphatic heterocycles. The number of benzene rings is 1. The van der Waals surface area contributed by atoms with Crippen LogP contribution in [0, 0.1) is 5.41 Å². The normalized spacial score (nSPS) is 20.6. The van der Waals surface area contributed by atoms with Crippen LogP contribution in [0.1, 0.15) is 71.1 Å². The van der Waals surface area contributed by atoms with E-state index in [9.17, 15) is 4.57 Å². The molecule has 1 aromatic heterocycles. The molecule has 1 aromatic carbocycles. The first kappa shape index (κ1) is 19.5. The van der Waals surface area contributed by atoms with Crippen LogP contribution < -0.4 is 10.0 Å². The van der Waals surface area contributed by atoms with E-state index in [1.807, 2.05) is 12.1 Å². The fourth-order valence-corrected chi connectivity index (χ4v) is 6.12. The van der Waals surface area contributed by atoms with Crippen LogP contribution >= 0.6 is 8.46 Å². The zero-order valence-corrected chi connectivity index (χ0v) is 19.1. The third kappa shape index (κ3) is 2.25. The van der Waals surface area contributed by atoms with Gasteiger partial charge in [0.15, 0.2) is 5.54 Å². The molecule has 0 saturated carbocycles. The molecular weight excluding hydrogens is 361 g/mol. The van der Waals surface area contributed by atoms with Gasteiger partial charge in [-0.25, -0.2) is 0 Å². The topological polar surface area (TPSA) is 20.9 Å². The van der Waals surface area contributed by atoms with Crippen molar-refractivity contribution in [3.63, 3.8) is 0 Å². The molecule has 0 N–H and O–H groups in total. The summed E-state index contributed by atoms with van der Waals surface area (Å²) < 4.78 is 14.4. The van der Waals surface area contributed by atoms with Crippen molar-refractivity contribution in [1.29, 1.82) is 0 Å². The monoisotopic (exact) mass is 393 g/mol. The van der Waals surface area contributed by atoms with E-state index < -0.39 is 8.46 Å². The van der Waals surface area contributed by atoms with Gasteiger partial charge in [0.05, 0.1) is 11.6 Å². The molecule has 3 heteroatoms. The second-order valence-corrected chi connectivity index (χ2v) is 10.4. The zero-order valence-electron chi connectivity index (χ0n) is 18.1. The van der Waals surface area contributed by atoms with Crippen molar-refractivity contribution in [2.45, 2.75) is 71.8 Å². The van der Waals surface area contributed by atoms with Gasteiger partial charge in [0, 0.05) is 24.5 Å². The van der Waals surface area contributed by atoms with E-state index in [1.54, 1.807) is 0 Å². The summed E-state index contributed by atoms with van der Waals surface area (Å²) in [5.41, 5.74) is 8.80. The Bertz CT molecular complexity index is 1010. The Balaban J connectivity index is 2.09. The lowest BCUT2D eigenvalue weighted by Gasteiger charge is -2.37. The molecule has 146 valence electrons. The summed E-state index contributed by atoms with van der Waals surface area (Å²) in [5, 5.41) is 0. The first-order chi connectivity index (χ1) is 13.1. The Labute approximate surface area is 170 Å². The molecule has 28 heavy (non-hydrogen) atoms. The van der Waals surface area contributed by atoms with Crippen molar-refractivity contribution in [3.8, 4) is 11.3 Å². The van der Waals surface area contributed by atoms with Crippen LogP contribution in [-0.4, -0.2) is 0 Å². The maximum Gasteiger partial charge on any atom is 0.432 e. The second-order valence-electron chi connectivity index (χ2n) is 9.69. The molecule has 0 bridgehead atoms. The minimum atomic E-state index is -0.470. The van der Waals surface area contributed by atoms with Crippen LogP contribution in [-0.2, 0) is 21.9 Å². The molecular formula is C25H32NOP+2. The van der Waals surface area contributed by atoms with Crippen molar-refractivity contribution >= 4 is 19.5 Å². The molecule has 2 nitrogen and oxygen atoms in total. The van der Waals surface area contributed by atoms with E-state index in [2.05, 4.69) is 70.9 Å². The summed E-state index contributed by atoms with van der Waals surface area (Å²) >= 11 is 0. The molecule has 0 radical (unpaired) electrons. The predicted octanol–water partition coefficient (Wildman–Crippen LogP) is 5.69. The van der Waals surface area contributed by atoms with Crippen molar-refractivity contribution in [2.75, 3.05) is 0 Å². The number of pyridine rings is 1. The van der Waals surface area contributed by atoms with Crippen LogP contribution in [0.4, 0.5) is 0 Å². The molecule has 0 saturated heterocycles. The van der Waals surface area contributed by atoms with Gasteiger partial charge in [-0.15, -0.1) is 4.57 Å². The minimum absolute atomic E-state index is 0.129. The minimum Gasteiger partial charge on any atom is -0.143 e. The van der Waals surface area contributed by atoms with Gasteiger partial charge in [-0.3, -0.25) is 0 Å². The molecule has 1 unspecified atom stereocenters. The predicted molar refractivity (Wildman–Crippen MR) is 119 cm³/mol. The summed E-state index contributed by atoms with van der Waals surface area (Å²) in [7, 11) is -0.470. The van der Waals surface area contributed by atoms with Crippen molar-refractivity contribution < 1.29 is 9.13 Å². The fourth-order valence-electron chi connectivity index (χ4n) is 5.53. The highest BCUT2D eigenvalue weighted by Crippen LogP contribution is 2.54. The summed E-state index contributed by atoms with van der Waals surface area (Å²) in [6, 6.07) is 11.0. The second kappa shape index (κ2) is 6.10. The van der Waals surface area contributed by atoms with Crippen molar-refractivity contribution in [3.05, 3.63) is 53.6 Å². The van der Waals surface area contributed by atoms with Crippen LogP contribution in [0.5, 0.6) is 0 Å². The van der Waals surface area contributed by atoms with Crippen molar-refractivity contribution in [1.82, 2.24) is 0 Å². The van der Waals surface area contributed by atoms with Gasteiger partial charge in [-0.1, -0.05) is 52.7 Å². The average molecular weight is 394 g/mol. The van der Waals surface area contributed by atoms with Gasteiger partial charge >= 0.3 is 13.9 Å². The number of rotatable bonds is 3. The highest BCUT2D eigenvalue weighted by atomic mass is 31.1. The Morgan fingerprint density at radius 2 is 1.75 bits per heavy atom. The van der Waals surface area contributed by atoms with Gasteiger partial charge < -0.3 is 0 Å². The first-order valence-electron chi connectivity index (χ1n) is 10.5. The van der Waals surface area contributed by atoms with Crippen molar-refractivity contribution in [2.24, 2.45) is 5.41 Å². The third-order valence-electron chi connectivity index (χ3n) is 8.10. The van der Waals surface area contributed by atoms with E-state index in [-0.39, 0.29) is 16.4 Å². The summed E-state index contributed by atoms with van der Waals surface area (Å²) in [6.07, 6.45) is 2.96. The highest BCUT2D eigenvalue weighted by Gasteiger charge is 2.52. The van der Waals surface area contributed by atoms with Gasteiger partial charge in [-0.2, -0.15) is 0 Å². The van der Waals surface area contributed by atoms with Crippen LogP contribution in [0.15, 0.2) is 36.9 Å². The first-order valence-corrected chi connectivity index (χ1v) is 11.4. The maximum absolute atomic E-state index is 12.1. The van der Waals surface area contributed by atoms with Gasteiger partial charge in [0.1, 0.15) is 0 Å². The standard InChI is InChI=1S/C25H31NOP/c1-8-25(9-2)16(3)18-14-20-17(15-23(4,5)24(20,6)7)13-19(18)21-11-10-12-22(28-27)26(21)25/h10-14H,3,8-9,15H2,1-2,4-7H3/q+1/p+1. The third-order valence-corrected chi connectivity index (χ3v) is 8.70. The number of aromatic nitrogens is 1. The van der Waals surface area contributed by atoms with Gasteiger partial charge in [0.25, 0.3) is 0 Å². The molecule has 2 heterocycles. The largest absolute Gasteiger partial charge is 0.432 e.